The molecule has 1 atom stereocenters. The van der Waals surface area contributed by atoms with Crippen molar-refractivity contribution in [3.63, 3.8) is 0 Å². The second kappa shape index (κ2) is 7.13. The fourth-order valence-corrected chi connectivity index (χ4v) is 3.54. The smallest absolute Gasteiger partial charge is 0.343 e. The fourth-order valence-electron chi connectivity index (χ4n) is 3.54. The number of aromatic amines is 1. The third kappa shape index (κ3) is 4.09. The number of nitrogens with zero attached hydrogens (tertiary/aromatic N) is 2. The number of piperidine rings is 1. The maximum absolute atomic E-state index is 12.6. The number of nitrogens with one attached hydrogen (secondary N) is 2. The summed E-state index contributed by atoms with van der Waals surface area (Å²) in [5.41, 5.74) is -0.804. The second-order valence-corrected chi connectivity index (χ2v) is 6.73. The molecule has 0 aromatic carbocycles. The van der Waals surface area contributed by atoms with Crippen molar-refractivity contribution in [2.24, 2.45) is 5.92 Å². The molecule has 24 heavy (non-hydrogen) atoms. The number of rotatable bonds is 4. The summed E-state index contributed by atoms with van der Waals surface area (Å²) < 4.78 is 37.9. The zero-order valence-electron chi connectivity index (χ0n) is 13.5. The van der Waals surface area contributed by atoms with Crippen molar-refractivity contribution >= 4 is 5.91 Å². The van der Waals surface area contributed by atoms with E-state index in [9.17, 15) is 18.0 Å². The highest BCUT2D eigenvalue weighted by molar-refractivity contribution is 5.76. The van der Waals surface area contributed by atoms with Crippen LogP contribution in [-0.4, -0.2) is 47.0 Å². The monoisotopic (exact) mass is 344 g/mol. The van der Waals surface area contributed by atoms with Crippen LogP contribution in [0, 0.1) is 5.92 Å². The second-order valence-electron chi connectivity index (χ2n) is 6.73. The highest BCUT2D eigenvalue weighted by atomic mass is 19.4. The molecule has 3 heterocycles. The summed E-state index contributed by atoms with van der Waals surface area (Å²) in [6.07, 6.45) is 0.382. The minimum atomic E-state index is -4.39. The SMILES string of the molecule is O=C(CCC1CCNC1)N1CCC(c2ncc(C(F)(F)F)[nH]2)CC1. The summed E-state index contributed by atoms with van der Waals surface area (Å²) in [6.45, 7) is 3.21. The molecule has 2 N–H and O–H groups in total. The molecule has 1 unspecified atom stereocenters. The van der Waals surface area contributed by atoms with Gasteiger partial charge in [-0.05, 0) is 44.7 Å². The average Bonchev–Trinajstić information content (AvgIpc) is 3.23. The Morgan fingerprint density at radius 2 is 2.04 bits per heavy atom. The zero-order chi connectivity index (χ0) is 17.2. The van der Waals surface area contributed by atoms with Gasteiger partial charge < -0.3 is 15.2 Å². The van der Waals surface area contributed by atoms with Crippen LogP contribution < -0.4 is 5.32 Å². The Hall–Kier alpha value is -1.57. The molecular weight excluding hydrogens is 321 g/mol. The Bertz CT molecular complexity index is 558. The molecule has 1 amide bonds. The molecule has 2 fully saturated rings. The van der Waals surface area contributed by atoms with Gasteiger partial charge in [-0.15, -0.1) is 0 Å². The van der Waals surface area contributed by atoms with Crippen LogP contribution in [0.5, 0.6) is 0 Å². The van der Waals surface area contributed by atoms with E-state index in [4.69, 9.17) is 0 Å². The maximum Gasteiger partial charge on any atom is 0.432 e. The Kier molecular flexibility index (Phi) is 5.12. The molecule has 2 aliphatic heterocycles. The van der Waals surface area contributed by atoms with Crippen molar-refractivity contribution < 1.29 is 18.0 Å². The van der Waals surface area contributed by atoms with Crippen LogP contribution in [0.4, 0.5) is 13.2 Å². The number of amides is 1. The van der Waals surface area contributed by atoms with Crippen LogP contribution in [0.25, 0.3) is 0 Å². The number of hydrogen-bond acceptors (Lipinski definition) is 3. The van der Waals surface area contributed by atoms with E-state index in [1.807, 2.05) is 4.90 Å². The maximum atomic E-state index is 12.6. The number of imidazole rings is 1. The summed E-state index contributed by atoms with van der Waals surface area (Å²) in [5, 5.41) is 3.30. The third-order valence-electron chi connectivity index (χ3n) is 5.06. The third-order valence-corrected chi connectivity index (χ3v) is 5.06. The minimum absolute atomic E-state index is 0.0378. The lowest BCUT2D eigenvalue weighted by atomic mass is 9.95. The first-order valence-electron chi connectivity index (χ1n) is 8.54. The minimum Gasteiger partial charge on any atom is -0.343 e. The van der Waals surface area contributed by atoms with Gasteiger partial charge in [-0.25, -0.2) is 4.98 Å². The highest BCUT2D eigenvalue weighted by Crippen LogP contribution is 2.31. The standard InChI is InChI=1S/C16H23F3N4O/c17-16(18,19)13-10-21-15(22-13)12-4-7-23(8-5-12)14(24)2-1-11-3-6-20-9-11/h10-12,20H,1-9H2,(H,21,22). The Labute approximate surface area is 139 Å². The van der Waals surface area contributed by atoms with Gasteiger partial charge >= 0.3 is 6.18 Å². The summed E-state index contributed by atoms with van der Waals surface area (Å²) >= 11 is 0. The van der Waals surface area contributed by atoms with Gasteiger partial charge in [0, 0.05) is 25.4 Å². The molecule has 5 nitrogen and oxygen atoms in total. The lowest BCUT2D eigenvalue weighted by Gasteiger charge is -2.31. The normalized spacial score (nSPS) is 23.0. The van der Waals surface area contributed by atoms with Crippen molar-refractivity contribution in [2.45, 2.75) is 44.2 Å². The first-order valence-corrected chi connectivity index (χ1v) is 8.54. The van der Waals surface area contributed by atoms with Gasteiger partial charge in [0.25, 0.3) is 0 Å². The molecule has 3 rings (SSSR count). The molecule has 2 saturated heterocycles. The molecule has 0 bridgehead atoms. The number of carbonyl (C=O) groups excluding carboxylic acids is 1. The topological polar surface area (TPSA) is 61.0 Å². The number of likely N-dealkylation sites (tertiary alicyclic amines) is 1. The largest absolute Gasteiger partial charge is 0.432 e. The highest BCUT2D eigenvalue weighted by Gasteiger charge is 2.34. The molecule has 2 aliphatic rings. The van der Waals surface area contributed by atoms with Crippen molar-refractivity contribution in [3.8, 4) is 0 Å². The molecule has 0 aliphatic carbocycles. The van der Waals surface area contributed by atoms with E-state index in [0.29, 0.717) is 44.1 Å². The van der Waals surface area contributed by atoms with Gasteiger partial charge in [0.05, 0.1) is 6.20 Å². The van der Waals surface area contributed by atoms with Crippen molar-refractivity contribution in [3.05, 3.63) is 17.7 Å². The first kappa shape index (κ1) is 17.3. The Morgan fingerprint density at radius 1 is 1.29 bits per heavy atom. The lowest BCUT2D eigenvalue weighted by molar-refractivity contribution is -0.141. The van der Waals surface area contributed by atoms with Crippen LogP contribution in [0.1, 0.15) is 49.5 Å². The number of aromatic nitrogens is 2. The summed E-state index contributed by atoms with van der Waals surface area (Å²) in [5.74, 6) is 1.10. The van der Waals surface area contributed by atoms with Gasteiger partial charge in [0.2, 0.25) is 5.91 Å². The Balaban J connectivity index is 1.46. The molecule has 0 spiro atoms. The van der Waals surface area contributed by atoms with Crippen LogP contribution in [0.15, 0.2) is 6.20 Å². The van der Waals surface area contributed by atoms with E-state index in [1.165, 1.54) is 0 Å². The van der Waals surface area contributed by atoms with Crippen molar-refractivity contribution in [1.82, 2.24) is 20.2 Å². The average molecular weight is 344 g/mol. The molecule has 0 saturated carbocycles. The number of carbonyl (C=O) groups is 1. The summed E-state index contributed by atoms with van der Waals surface area (Å²) in [7, 11) is 0. The van der Waals surface area contributed by atoms with Gasteiger partial charge in [-0.2, -0.15) is 13.2 Å². The zero-order valence-corrected chi connectivity index (χ0v) is 13.5. The van der Waals surface area contributed by atoms with E-state index in [2.05, 4.69) is 15.3 Å². The number of alkyl halides is 3. The van der Waals surface area contributed by atoms with Crippen molar-refractivity contribution in [2.75, 3.05) is 26.2 Å². The quantitative estimate of drug-likeness (QED) is 0.882. The van der Waals surface area contributed by atoms with Crippen LogP contribution in [0.3, 0.4) is 0 Å². The van der Waals surface area contributed by atoms with E-state index in [-0.39, 0.29) is 11.8 Å². The Morgan fingerprint density at radius 3 is 2.62 bits per heavy atom. The van der Waals surface area contributed by atoms with E-state index >= 15 is 0 Å². The molecular formula is C16H23F3N4O. The number of halogens is 3. The van der Waals surface area contributed by atoms with E-state index in [1.54, 1.807) is 0 Å². The fraction of sp³-hybridized carbons (Fsp3) is 0.750. The number of hydrogen-bond donors (Lipinski definition) is 2. The van der Waals surface area contributed by atoms with Gasteiger partial charge in [-0.1, -0.05) is 0 Å². The molecule has 8 heteroatoms. The van der Waals surface area contributed by atoms with E-state index < -0.39 is 11.9 Å². The van der Waals surface area contributed by atoms with Crippen LogP contribution in [-0.2, 0) is 11.0 Å². The van der Waals surface area contributed by atoms with Crippen LogP contribution >= 0.6 is 0 Å². The predicted octanol–water partition coefficient (Wildman–Crippen LogP) is 2.52. The predicted molar refractivity (Wildman–Crippen MR) is 82.4 cm³/mol. The number of H-pyrrole nitrogens is 1. The molecule has 134 valence electrons. The van der Waals surface area contributed by atoms with Gasteiger partial charge in [0.1, 0.15) is 11.5 Å². The molecule has 0 radical (unpaired) electrons. The molecule has 1 aromatic rings. The lowest BCUT2D eigenvalue weighted by Crippen LogP contribution is -2.38. The summed E-state index contributed by atoms with van der Waals surface area (Å²) in [6, 6.07) is 0. The summed E-state index contributed by atoms with van der Waals surface area (Å²) in [4.78, 5) is 20.4. The van der Waals surface area contributed by atoms with Crippen LogP contribution in [0.2, 0.25) is 0 Å². The van der Waals surface area contributed by atoms with Gasteiger partial charge in [0.15, 0.2) is 0 Å². The van der Waals surface area contributed by atoms with Gasteiger partial charge in [-0.3, -0.25) is 4.79 Å². The van der Waals surface area contributed by atoms with Crippen molar-refractivity contribution in [1.29, 1.82) is 0 Å². The van der Waals surface area contributed by atoms with E-state index in [0.717, 1.165) is 32.1 Å². The molecule has 1 aromatic heterocycles. The first-order chi connectivity index (χ1) is 11.4.